The molecule has 12 aliphatic rings. The van der Waals surface area contributed by atoms with Crippen LogP contribution < -0.4 is 82.1 Å². The number of likely N-dealkylation sites (tertiary alicyclic amines) is 2. The Labute approximate surface area is 847 Å². The summed E-state index contributed by atoms with van der Waals surface area (Å²) in [4.78, 5) is 165. The molecule has 146 heavy (non-hydrogen) atoms. The van der Waals surface area contributed by atoms with Crippen molar-refractivity contribution in [2.45, 2.75) is 116 Å². The van der Waals surface area contributed by atoms with Crippen LogP contribution in [0.15, 0.2) is 94.5 Å². The van der Waals surface area contributed by atoms with Gasteiger partial charge in [0.05, 0.1) is 136 Å². The molecule has 3 aliphatic carbocycles. The topological polar surface area (TPSA) is 427 Å². The number of pyridine rings is 6. The first-order chi connectivity index (χ1) is 70.7. The van der Waals surface area contributed by atoms with Gasteiger partial charge in [0.1, 0.15) is 0 Å². The zero-order valence-electron chi connectivity index (χ0n) is 86.6. The molecule has 3 aromatic carbocycles. The van der Waals surface area contributed by atoms with Gasteiger partial charge in [0.25, 0.3) is 50.0 Å². The van der Waals surface area contributed by atoms with E-state index < -0.39 is 27.8 Å². The number of aliphatic hydroxyl groups excluding tert-OH is 2. The van der Waals surface area contributed by atoms with Crippen LogP contribution >= 0.6 is 0 Å². The lowest BCUT2D eigenvalue weighted by molar-refractivity contribution is 0.0360. The number of morpholine rings is 4. The summed E-state index contributed by atoms with van der Waals surface area (Å²) in [5.74, 6) is -0.586. The fourth-order valence-electron chi connectivity index (χ4n) is 21.7. The molecule has 792 valence electrons. The zero-order chi connectivity index (χ0) is 103. The summed E-state index contributed by atoms with van der Waals surface area (Å²) in [5.41, 5.74) is -0.103. The van der Waals surface area contributed by atoms with Crippen LogP contribution in [0.2, 0.25) is 0 Å². The number of hydrogen-bond acceptors (Lipinski definition) is 34. The first kappa shape index (κ1) is 108. The van der Waals surface area contributed by atoms with Crippen molar-refractivity contribution in [3.05, 3.63) is 146 Å². The number of anilines is 3. The second-order valence-electron chi connectivity index (χ2n) is 40.7. The van der Waals surface area contributed by atoms with Crippen LogP contribution in [0.4, 0.5) is 17.1 Å². The van der Waals surface area contributed by atoms with Crippen LogP contribution in [0, 0.1) is 0 Å². The van der Waals surface area contributed by atoms with Gasteiger partial charge >= 0.3 is 0 Å². The molecular formula is C106H150N22O18. The molecule has 6 aromatic rings. The van der Waals surface area contributed by atoms with Crippen molar-refractivity contribution in [1.29, 1.82) is 0 Å². The molecule has 6 fully saturated rings. The summed E-state index contributed by atoms with van der Waals surface area (Å²) in [6.45, 7) is 26.5. The summed E-state index contributed by atoms with van der Waals surface area (Å²) < 4.78 is 30.2. The Hall–Kier alpha value is -10.9. The molecule has 40 heteroatoms. The van der Waals surface area contributed by atoms with Crippen LogP contribution in [-0.2, 0) is 58.2 Å². The van der Waals surface area contributed by atoms with Crippen LogP contribution in [0.1, 0.15) is 77.0 Å². The van der Waals surface area contributed by atoms with E-state index in [1.165, 1.54) is 65.9 Å². The largest absolute Gasteiger partial charge is 0.494 e. The number of nitrogens with one attached hydrogen (secondary N) is 3. The van der Waals surface area contributed by atoms with Gasteiger partial charge < -0.3 is 89.8 Å². The maximum Gasteiger partial charge on any atom is 0.263 e. The van der Waals surface area contributed by atoms with E-state index in [0.29, 0.717) is 278 Å². The highest BCUT2D eigenvalue weighted by atomic mass is 16.5. The molecule has 40 nitrogen and oxygen atoms in total. The predicted octanol–water partition coefficient (Wildman–Crippen LogP) is 1.90. The highest BCUT2D eigenvalue weighted by molar-refractivity contribution is 6.21. The van der Waals surface area contributed by atoms with Gasteiger partial charge in [0.2, 0.25) is 17.6 Å². The number of rotatable bonds is 43. The van der Waals surface area contributed by atoms with E-state index in [-0.39, 0.29) is 109 Å². The second-order valence-corrected chi connectivity index (χ2v) is 40.7. The van der Waals surface area contributed by atoms with E-state index in [0.717, 1.165) is 111 Å². The van der Waals surface area contributed by atoms with Gasteiger partial charge in [-0.05, 0) is 209 Å². The molecule has 0 amide bonds. The smallest absolute Gasteiger partial charge is 0.263 e. The quantitative estimate of drug-likeness (QED) is 0.0200. The molecule has 0 atom stereocenters. The minimum atomic E-state index is -0.477. The Balaban J connectivity index is 0.000000158. The highest BCUT2D eigenvalue weighted by Gasteiger charge is 2.35. The summed E-state index contributed by atoms with van der Waals surface area (Å²) in [5, 5.41) is 69.9. The number of nitrogens with zero attached hydrogens (tertiary/aromatic N) is 19. The van der Waals surface area contributed by atoms with E-state index in [2.05, 4.69) is 55.2 Å². The number of aromatic nitrogens is 6. The molecule has 6 saturated heterocycles. The number of piperidine rings is 2. The maximum absolute atomic E-state index is 14.6. The molecule has 9 aliphatic heterocycles. The van der Waals surface area contributed by atoms with E-state index in [1.807, 2.05) is 77.1 Å². The van der Waals surface area contributed by atoms with Crippen molar-refractivity contribution in [2.24, 2.45) is 15.0 Å². The standard InChI is InChI=1S/C38H52N8O8.C38H56N8O4.C30H42N6O6/c47-35-27-25-29(39-1-3-41-9-17-51-18-10-41)33-31-28(36(48)45(37(33)49)7-5-43-13-21-53-22-14-43)26-30(40-2-4-42-11-19-52-20-12-42)34(32(27)31)38(50)46(35)8-6-44-15-23-54-24-16-44;1-41(2)15-11-21-45-35(47)27-25-30(40-14-24-44-19-9-6-10-20-44)34-32-28(36(48)46(38(34)50)22-12-16-42(3)4)26-29(33(31(27)32)37(45)49)39-13-23-43-17-7-5-8-18-43;1-33(2)11-7-13-35-27(39)19-17-22(32-10-6-16-38)26-24-20(28(40)36(30(26)42)14-8-12-34(3)4)18-21(31-9-5-15-37)25(23(19)24)29(35)41/h25-26,39,50H,1-24H2;25-26,39,48H,5-24H2,1-4H3;17-18,31,37-38,40H,5-16H2,1-4H3. The third-order valence-electron chi connectivity index (χ3n) is 29.5. The highest BCUT2D eigenvalue weighted by Crippen LogP contribution is 2.45. The number of benzene rings is 6. The molecule has 0 spiro atoms. The van der Waals surface area contributed by atoms with Crippen LogP contribution in [0.25, 0.3) is 98.0 Å². The SMILES string of the molecule is CN(C)CCCn1c(O)c2cc(NCCCO)c3c4c2c(c(=NCCCO)cc-4c(=O)n(CCCN(C)C)c3=O)c1=O.CN(C)CCCn1c(O)c2cc(NCCN3CCCCC3)c3c4c2c(c(=NCCN2CCCCC2)cc-4c(=O)n(CCCN(C)C)c3=O)c1=O.O=c1c2cc(NCCN3CCOCC3)c3c4c2c(c(O)n1CCN1CCOCC1)c(=NCCN1CCOCC1)cc-4c(=O)n(CCN1CCOCC1)c3=O. The number of aromatic hydroxyl groups is 3. The lowest BCUT2D eigenvalue weighted by atomic mass is 9.89. The van der Waals surface area contributed by atoms with Gasteiger partial charge in [-0.2, -0.15) is 0 Å². The molecule has 8 N–H and O–H groups in total. The molecule has 12 heterocycles. The molecule has 18 rings (SSSR count). The summed E-state index contributed by atoms with van der Waals surface area (Å²) in [6, 6.07) is 10.3. The molecular weight excluding hydrogens is 1870 g/mol. The van der Waals surface area contributed by atoms with Crippen molar-refractivity contribution in [2.75, 3.05) is 322 Å². The van der Waals surface area contributed by atoms with E-state index in [9.17, 15) is 68.7 Å². The van der Waals surface area contributed by atoms with Crippen LogP contribution in [0.3, 0.4) is 0 Å². The number of aliphatic hydroxyl groups is 2. The summed E-state index contributed by atoms with van der Waals surface area (Å²) in [6.07, 6.45) is 10.5. The molecule has 0 saturated carbocycles. The van der Waals surface area contributed by atoms with Crippen LogP contribution in [-0.4, -0.2) is 408 Å². The summed E-state index contributed by atoms with van der Waals surface area (Å²) >= 11 is 0. The lowest BCUT2D eigenvalue weighted by Gasteiger charge is -2.28. The minimum Gasteiger partial charge on any atom is -0.494 e. The molecule has 0 bridgehead atoms. The van der Waals surface area contributed by atoms with E-state index in [1.54, 1.807) is 30.3 Å². The Bertz CT molecular complexity index is 7110. The first-order valence-corrected chi connectivity index (χ1v) is 52.7. The summed E-state index contributed by atoms with van der Waals surface area (Å²) in [7, 11) is 15.6. The van der Waals surface area contributed by atoms with Gasteiger partial charge in [0.15, 0.2) is 0 Å². The van der Waals surface area contributed by atoms with Crippen molar-refractivity contribution >= 4 is 81.7 Å². The van der Waals surface area contributed by atoms with Crippen molar-refractivity contribution < 1.29 is 44.5 Å². The Morgan fingerprint density at radius 2 is 0.568 bits per heavy atom. The molecule has 0 unspecified atom stereocenters. The normalized spacial score (nSPS) is 17.1. The number of hydrogen-bond donors (Lipinski definition) is 8. The van der Waals surface area contributed by atoms with E-state index >= 15 is 0 Å². The van der Waals surface area contributed by atoms with Crippen LogP contribution in [0.5, 0.6) is 17.6 Å². The first-order valence-electron chi connectivity index (χ1n) is 52.7. The van der Waals surface area contributed by atoms with Gasteiger partial charge in [-0.1, -0.05) is 12.8 Å². The van der Waals surface area contributed by atoms with E-state index in [4.69, 9.17) is 28.9 Å². The zero-order valence-corrected chi connectivity index (χ0v) is 86.6. The average molecular weight is 2020 g/mol. The second kappa shape index (κ2) is 50.4. The number of ether oxygens (including phenoxy) is 4. The molecule has 0 radical (unpaired) electrons. The Morgan fingerprint density at radius 1 is 0.274 bits per heavy atom. The average Bonchev–Trinajstić information content (AvgIpc) is 0.704. The fourth-order valence-corrected chi connectivity index (χ4v) is 21.7. The Kier molecular flexibility index (Phi) is 37.2. The fraction of sp³-hybridized carbons (Fsp3) is 0.604. The third-order valence-corrected chi connectivity index (χ3v) is 29.5. The monoisotopic (exact) mass is 2020 g/mol. The Morgan fingerprint density at radius 3 is 0.945 bits per heavy atom. The van der Waals surface area contributed by atoms with Gasteiger partial charge in [-0.3, -0.25) is 105 Å². The predicted molar refractivity (Wildman–Crippen MR) is 573 cm³/mol. The molecule has 3 aromatic heterocycles. The van der Waals surface area contributed by atoms with Gasteiger partial charge in [-0.15, -0.1) is 0 Å². The van der Waals surface area contributed by atoms with Crippen molar-refractivity contribution in [1.82, 2.24) is 76.4 Å². The third kappa shape index (κ3) is 24.3. The van der Waals surface area contributed by atoms with Crippen molar-refractivity contribution in [3.8, 4) is 51.0 Å². The minimum absolute atomic E-state index is 0.0501. The van der Waals surface area contributed by atoms with Gasteiger partial charge in [-0.25, -0.2) is 0 Å². The maximum atomic E-state index is 14.6. The van der Waals surface area contributed by atoms with Crippen molar-refractivity contribution in [3.63, 3.8) is 0 Å². The van der Waals surface area contributed by atoms with Gasteiger partial charge in [0, 0.05) is 231 Å². The lowest BCUT2D eigenvalue weighted by Crippen LogP contribution is -2.43.